The maximum absolute atomic E-state index is 15.0. The minimum atomic E-state index is -1.01. The van der Waals surface area contributed by atoms with Crippen LogP contribution in [0.2, 0.25) is 0 Å². The Balaban J connectivity index is 1.08. The second-order valence-corrected chi connectivity index (χ2v) is 23.6. The molecular weight excluding hydrogens is 741 g/mol. The number of nitrogens with zero attached hydrogens (tertiary/aromatic N) is 1. The van der Waals surface area contributed by atoms with E-state index in [2.05, 4.69) is 72.2 Å². The summed E-state index contributed by atoms with van der Waals surface area (Å²) in [5, 5.41) is 3.65. The molecule has 12 atom stereocenters. The number of allylic oxidation sites excluding steroid dienone is 1. The van der Waals surface area contributed by atoms with Gasteiger partial charge in [-0.05, 0) is 162 Å². The summed E-state index contributed by atoms with van der Waals surface area (Å²) in [6, 6.07) is 0.0195. The average Bonchev–Trinajstić information content (AvgIpc) is 3.58. The lowest BCUT2D eigenvalue weighted by molar-refractivity contribution is -0.249. The number of amides is 2. The number of esters is 2. The van der Waals surface area contributed by atoms with Crippen molar-refractivity contribution in [2.24, 2.45) is 73.4 Å². The van der Waals surface area contributed by atoms with E-state index in [1.807, 2.05) is 0 Å². The summed E-state index contributed by atoms with van der Waals surface area (Å²) in [5.74, 6) is 1.72. The molecule has 1 aliphatic heterocycles. The maximum atomic E-state index is 15.0. The Morgan fingerprint density at radius 3 is 2.14 bits per heavy atom. The molecule has 1 saturated heterocycles. The number of piperidine rings is 1. The van der Waals surface area contributed by atoms with Crippen LogP contribution in [0.5, 0.6) is 0 Å². The van der Waals surface area contributed by atoms with Gasteiger partial charge in [-0.15, -0.1) is 0 Å². The number of hydrogen-bond donors (Lipinski definition) is 1. The Labute approximate surface area is 356 Å². The van der Waals surface area contributed by atoms with Crippen LogP contribution in [0.4, 0.5) is 0 Å². The van der Waals surface area contributed by atoms with E-state index in [4.69, 9.17) is 14.2 Å². The molecular formula is C50H80N2O7. The summed E-state index contributed by atoms with van der Waals surface area (Å²) in [6.45, 7) is 28.7. The number of hydrogen-bond acceptors (Lipinski definition) is 7. The van der Waals surface area contributed by atoms with Gasteiger partial charge in [0.05, 0.1) is 17.3 Å². The van der Waals surface area contributed by atoms with Crippen LogP contribution < -0.4 is 5.32 Å². The van der Waals surface area contributed by atoms with E-state index in [-0.39, 0.29) is 76.1 Å². The summed E-state index contributed by atoms with van der Waals surface area (Å²) in [5.41, 5.74) is -0.326. The Morgan fingerprint density at radius 1 is 0.797 bits per heavy atom. The molecule has 6 aliphatic carbocycles. The van der Waals surface area contributed by atoms with E-state index < -0.39 is 16.8 Å². The van der Waals surface area contributed by atoms with Gasteiger partial charge in [-0.2, -0.15) is 0 Å². The highest BCUT2D eigenvalue weighted by molar-refractivity contribution is 5.86. The molecule has 6 saturated carbocycles. The van der Waals surface area contributed by atoms with Crippen LogP contribution in [0.3, 0.4) is 0 Å². The van der Waals surface area contributed by atoms with Crippen molar-refractivity contribution in [2.45, 2.75) is 178 Å². The molecule has 0 aromatic carbocycles. The van der Waals surface area contributed by atoms with Crippen LogP contribution in [-0.4, -0.2) is 67.8 Å². The molecule has 1 N–H and O–H groups in total. The SMILES string of the molecule is C=C(C)[C@@H]1CC[C@]2(C(=O)N[C@@H]3C[C@H](C(=O)N4CCCCC4)C3(C)C)CC[C@]3(C)[C@H](CC[C@@H]4[C@@]5(C)CC[C@H](OC(=O)CC(C)(C)C(=O)OCOC)C(C)(C)[C@@H]5CC[C@]43C)[C@@H]12. The first-order valence-electron chi connectivity index (χ1n) is 23.6. The first-order valence-corrected chi connectivity index (χ1v) is 23.6. The number of nitrogens with one attached hydrogen (secondary N) is 1. The molecule has 7 aliphatic rings. The standard InChI is InChI=1S/C50H80N2O7/c1-31(2)32-18-23-50(42(55)51-37-28-34(45(37,5)6)41(54)52-26-14-13-15-27-52)25-24-48(10)33(40(32)50)16-17-36-47(9)21-20-38(46(7,8)35(47)19-22-49(36,48)11)59-39(53)29-44(3,4)43(56)58-30-57-12/h32-38,40H,1,13-30H2,2-12H3,(H,51,55)/t32-,33+,34+,35-,36+,37+,38-,40+,47-,48+,49+,50-/m0/s1. The lowest BCUT2D eigenvalue weighted by atomic mass is 9.32. The first kappa shape index (κ1) is 44.6. The van der Waals surface area contributed by atoms with Crippen LogP contribution in [0.25, 0.3) is 0 Å². The third-order valence-electron chi connectivity index (χ3n) is 19.7. The van der Waals surface area contributed by atoms with E-state index in [0.717, 1.165) is 96.6 Å². The normalized spacial score (nSPS) is 42.1. The Morgan fingerprint density at radius 2 is 1.49 bits per heavy atom. The number of carbonyl (C=O) groups is 4. The van der Waals surface area contributed by atoms with Gasteiger partial charge in [0.1, 0.15) is 6.10 Å². The van der Waals surface area contributed by atoms with Gasteiger partial charge in [-0.3, -0.25) is 19.2 Å². The van der Waals surface area contributed by atoms with Crippen molar-refractivity contribution in [3.05, 3.63) is 12.2 Å². The Bertz CT molecular complexity index is 1680. The van der Waals surface area contributed by atoms with Crippen molar-refractivity contribution in [1.29, 1.82) is 0 Å². The minimum absolute atomic E-state index is 0.0195. The summed E-state index contributed by atoms with van der Waals surface area (Å²) in [6.07, 6.45) is 14.2. The fourth-order valence-corrected chi connectivity index (χ4v) is 15.9. The zero-order valence-corrected chi connectivity index (χ0v) is 38.9. The average molecular weight is 821 g/mol. The van der Waals surface area contributed by atoms with Gasteiger partial charge in [0.15, 0.2) is 6.79 Å². The van der Waals surface area contributed by atoms with Crippen LogP contribution in [0, 0.1) is 73.4 Å². The van der Waals surface area contributed by atoms with Gasteiger partial charge < -0.3 is 24.4 Å². The topological polar surface area (TPSA) is 111 Å². The molecule has 7 fully saturated rings. The van der Waals surface area contributed by atoms with Crippen molar-refractivity contribution in [2.75, 3.05) is 27.0 Å². The number of ether oxygens (including phenoxy) is 3. The van der Waals surface area contributed by atoms with E-state index >= 15 is 4.79 Å². The van der Waals surface area contributed by atoms with Gasteiger partial charge in [-0.1, -0.05) is 60.6 Å². The second-order valence-electron chi connectivity index (χ2n) is 23.6. The Kier molecular flexibility index (Phi) is 11.7. The number of fused-ring (bicyclic) bond motifs is 7. The van der Waals surface area contributed by atoms with E-state index in [9.17, 15) is 14.4 Å². The largest absolute Gasteiger partial charge is 0.462 e. The second kappa shape index (κ2) is 15.4. The first-order chi connectivity index (χ1) is 27.5. The van der Waals surface area contributed by atoms with Crippen molar-refractivity contribution in [3.8, 4) is 0 Å². The monoisotopic (exact) mass is 821 g/mol. The number of carbonyl (C=O) groups excluding carboxylic acids is 4. The van der Waals surface area contributed by atoms with E-state index in [1.54, 1.807) is 13.8 Å². The predicted octanol–water partition coefficient (Wildman–Crippen LogP) is 9.66. The highest BCUT2D eigenvalue weighted by atomic mass is 16.7. The number of likely N-dealkylation sites (tertiary alicyclic amines) is 1. The molecule has 0 radical (unpaired) electrons. The molecule has 332 valence electrons. The predicted molar refractivity (Wildman–Crippen MR) is 229 cm³/mol. The zero-order valence-electron chi connectivity index (χ0n) is 38.9. The quantitative estimate of drug-likeness (QED) is 0.133. The summed E-state index contributed by atoms with van der Waals surface area (Å²) in [7, 11) is 1.47. The zero-order chi connectivity index (χ0) is 43.1. The van der Waals surface area contributed by atoms with Gasteiger partial charge in [-0.25, -0.2) is 0 Å². The lowest BCUT2D eigenvalue weighted by Gasteiger charge is -2.73. The smallest absolute Gasteiger partial charge is 0.314 e. The van der Waals surface area contributed by atoms with Crippen LogP contribution >= 0.6 is 0 Å². The van der Waals surface area contributed by atoms with Crippen LogP contribution in [0.15, 0.2) is 12.2 Å². The molecule has 0 unspecified atom stereocenters. The van der Waals surface area contributed by atoms with Crippen molar-refractivity contribution in [1.82, 2.24) is 10.2 Å². The van der Waals surface area contributed by atoms with E-state index in [1.165, 1.54) is 19.1 Å². The van der Waals surface area contributed by atoms with Crippen LogP contribution in [-0.2, 0) is 33.4 Å². The molecule has 59 heavy (non-hydrogen) atoms. The third kappa shape index (κ3) is 6.94. The van der Waals surface area contributed by atoms with Crippen LogP contribution in [0.1, 0.15) is 166 Å². The fourth-order valence-electron chi connectivity index (χ4n) is 15.9. The van der Waals surface area contributed by atoms with Gasteiger partial charge in [0, 0.05) is 37.6 Å². The highest BCUT2D eigenvalue weighted by Crippen LogP contribution is 2.77. The molecule has 9 nitrogen and oxygen atoms in total. The molecule has 9 heteroatoms. The third-order valence-corrected chi connectivity index (χ3v) is 19.7. The molecule has 0 aromatic heterocycles. The number of methoxy groups -OCH3 is 1. The lowest BCUT2D eigenvalue weighted by Crippen LogP contribution is -2.68. The summed E-state index contributed by atoms with van der Waals surface area (Å²) in [4.78, 5) is 56.9. The summed E-state index contributed by atoms with van der Waals surface area (Å²) >= 11 is 0. The fraction of sp³-hybridized carbons (Fsp3) is 0.880. The molecule has 0 bridgehead atoms. The van der Waals surface area contributed by atoms with Crippen molar-refractivity contribution < 1.29 is 33.4 Å². The molecule has 7 rings (SSSR count). The number of rotatable bonds is 10. The molecule has 2 amide bonds. The van der Waals surface area contributed by atoms with Gasteiger partial charge in [0.25, 0.3) is 0 Å². The van der Waals surface area contributed by atoms with Gasteiger partial charge >= 0.3 is 11.9 Å². The Hall–Kier alpha value is -2.42. The maximum Gasteiger partial charge on any atom is 0.314 e. The summed E-state index contributed by atoms with van der Waals surface area (Å²) < 4.78 is 16.4. The molecule has 0 aromatic rings. The van der Waals surface area contributed by atoms with Crippen molar-refractivity contribution >= 4 is 23.8 Å². The highest BCUT2D eigenvalue weighted by Gasteiger charge is 2.72. The van der Waals surface area contributed by atoms with Gasteiger partial charge in [0.2, 0.25) is 11.8 Å². The molecule has 1 heterocycles. The molecule has 0 spiro atoms. The minimum Gasteiger partial charge on any atom is -0.462 e. The van der Waals surface area contributed by atoms with Crippen molar-refractivity contribution in [3.63, 3.8) is 0 Å². The van der Waals surface area contributed by atoms with E-state index in [0.29, 0.717) is 29.6 Å².